The molecule has 2 aliphatic heterocycles. The van der Waals surface area contributed by atoms with Gasteiger partial charge >= 0.3 is 5.97 Å². The van der Waals surface area contributed by atoms with Crippen molar-refractivity contribution in [1.82, 2.24) is 0 Å². The quantitative estimate of drug-likeness (QED) is 0.732. The molecule has 20 heavy (non-hydrogen) atoms. The van der Waals surface area contributed by atoms with E-state index in [0.29, 0.717) is 19.4 Å². The Balaban J connectivity index is 1.99. The lowest BCUT2D eigenvalue weighted by Crippen LogP contribution is -2.38. The predicted octanol–water partition coefficient (Wildman–Crippen LogP) is 1.61. The summed E-state index contributed by atoms with van der Waals surface area (Å²) in [6.07, 6.45) is 0.215. The first-order valence-corrected chi connectivity index (χ1v) is 6.97. The molecule has 0 N–H and O–H groups in total. The van der Waals surface area contributed by atoms with Gasteiger partial charge in [0, 0.05) is 6.42 Å². The van der Waals surface area contributed by atoms with Crippen molar-refractivity contribution in [3.05, 3.63) is 0 Å². The average Bonchev–Trinajstić information content (AvgIpc) is 2.85. The zero-order valence-corrected chi connectivity index (χ0v) is 12.8. The number of hydrogen-bond acceptors (Lipinski definition) is 6. The van der Waals surface area contributed by atoms with Crippen molar-refractivity contribution >= 4 is 5.97 Å². The summed E-state index contributed by atoms with van der Waals surface area (Å²) in [4.78, 5) is 11.3. The van der Waals surface area contributed by atoms with Crippen LogP contribution in [0.4, 0.5) is 0 Å². The molecule has 2 rings (SSSR count). The third-order valence-corrected chi connectivity index (χ3v) is 3.48. The minimum atomic E-state index is -0.679. The van der Waals surface area contributed by atoms with Crippen LogP contribution in [-0.2, 0) is 28.5 Å². The first-order valence-electron chi connectivity index (χ1n) is 6.97. The summed E-state index contributed by atoms with van der Waals surface area (Å²) in [6.45, 7) is 7.93. The van der Waals surface area contributed by atoms with Crippen LogP contribution >= 0.6 is 0 Å². The molecular weight excluding hydrogens is 264 g/mol. The number of esters is 1. The topological polar surface area (TPSA) is 63.2 Å². The smallest absolute Gasteiger partial charge is 0.305 e. The maximum absolute atomic E-state index is 11.3. The van der Waals surface area contributed by atoms with E-state index in [1.54, 1.807) is 0 Å². The zero-order valence-electron chi connectivity index (χ0n) is 12.8. The fraction of sp³-hybridized carbons (Fsp3) is 0.929. The van der Waals surface area contributed by atoms with Crippen LogP contribution in [0, 0.1) is 0 Å². The molecule has 0 aromatic carbocycles. The van der Waals surface area contributed by atoms with E-state index in [0.717, 1.165) is 0 Å². The normalized spacial score (nSPS) is 35.1. The third-order valence-electron chi connectivity index (χ3n) is 3.48. The molecule has 0 aromatic rings. The second-order valence-electron chi connectivity index (χ2n) is 6.12. The Morgan fingerprint density at radius 2 is 1.85 bits per heavy atom. The molecule has 0 radical (unpaired) electrons. The number of ether oxygens (including phenoxy) is 5. The largest absolute Gasteiger partial charge is 0.469 e. The van der Waals surface area contributed by atoms with E-state index < -0.39 is 11.6 Å². The summed E-state index contributed by atoms with van der Waals surface area (Å²) >= 11 is 0. The Bertz CT molecular complexity index is 365. The summed E-state index contributed by atoms with van der Waals surface area (Å²) in [5.41, 5.74) is 0. The molecule has 0 bridgehead atoms. The van der Waals surface area contributed by atoms with Gasteiger partial charge in [0.2, 0.25) is 0 Å². The van der Waals surface area contributed by atoms with Gasteiger partial charge in [-0.1, -0.05) is 0 Å². The number of carbonyl (C=O) groups excluding carboxylic acids is 1. The van der Waals surface area contributed by atoms with Crippen molar-refractivity contribution in [2.24, 2.45) is 0 Å². The molecule has 0 aromatic heterocycles. The van der Waals surface area contributed by atoms with Gasteiger partial charge in [0.05, 0.1) is 19.8 Å². The van der Waals surface area contributed by atoms with Crippen LogP contribution in [-0.4, -0.2) is 49.6 Å². The van der Waals surface area contributed by atoms with Crippen molar-refractivity contribution in [3.8, 4) is 0 Å². The summed E-state index contributed by atoms with van der Waals surface area (Å²) in [5.74, 6) is -1.53. The van der Waals surface area contributed by atoms with Crippen molar-refractivity contribution in [3.63, 3.8) is 0 Å². The highest BCUT2D eigenvalue weighted by atomic mass is 16.8. The molecule has 2 aliphatic rings. The molecule has 0 amide bonds. The van der Waals surface area contributed by atoms with Crippen molar-refractivity contribution < 1.29 is 28.5 Å². The van der Waals surface area contributed by atoms with Gasteiger partial charge in [-0.3, -0.25) is 4.79 Å². The molecule has 3 atom stereocenters. The number of rotatable bonds is 4. The van der Waals surface area contributed by atoms with Gasteiger partial charge in [-0.15, -0.1) is 0 Å². The van der Waals surface area contributed by atoms with Crippen molar-refractivity contribution in [2.75, 3.05) is 13.7 Å². The molecule has 0 unspecified atom stereocenters. The molecule has 2 heterocycles. The van der Waals surface area contributed by atoms with Crippen LogP contribution in [0.2, 0.25) is 0 Å². The monoisotopic (exact) mass is 288 g/mol. The van der Waals surface area contributed by atoms with E-state index in [1.165, 1.54) is 7.11 Å². The van der Waals surface area contributed by atoms with Gasteiger partial charge < -0.3 is 23.7 Å². The predicted molar refractivity (Wildman–Crippen MR) is 70.0 cm³/mol. The molecule has 2 fully saturated rings. The van der Waals surface area contributed by atoms with Gasteiger partial charge in [-0.05, 0) is 34.1 Å². The first kappa shape index (κ1) is 15.7. The molecule has 0 aliphatic carbocycles. The maximum Gasteiger partial charge on any atom is 0.305 e. The highest BCUT2D eigenvalue weighted by Crippen LogP contribution is 2.37. The minimum Gasteiger partial charge on any atom is -0.469 e. The summed E-state index contributed by atoms with van der Waals surface area (Å²) in [7, 11) is 1.38. The van der Waals surface area contributed by atoms with Gasteiger partial charge in [0.15, 0.2) is 11.6 Å². The zero-order chi connectivity index (χ0) is 15.0. The number of carbonyl (C=O) groups is 1. The highest BCUT2D eigenvalue weighted by molar-refractivity contribution is 5.69. The van der Waals surface area contributed by atoms with Crippen LogP contribution in [0.15, 0.2) is 0 Å². The summed E-state index contributed by atoms with van der Waals surface area (Å²) < 4.78 is 27.9. The van der Waals surface area contributed by atoms with E-state index in [4.69, 9.17) is 18.9 Å². The Labute approximate surface area is 119 Å². The molecule has 0 spiro atoms. The van der Waals surface area contributed by atoms with E-state index in [-0.39, 0.29) is 24.3 Å². The van der Waals surface area contributed by atoms with Gasteiger partial charge in [0.1, 0.15) is 12.2 Å². The molecular formula is C14H24O6. The maximum atomic E-state index is 11.3. The number of methoxy groups -OCH3 is 1. The number of hydrogen-bond donors (Lipinski definition) is 0. The third kappa shape index (κ3) is 3.69. The van der Waals surface area contributed by atoms with E-state index >= 15 is 0 Å². The van der Waals surface area contributed by atoms with Crippen LogP contribution in [0.25, 0.3) is 0 Å². The highest BCUT2D eigenvalue weighted by Gasteiger charge is 2.49. The van der Waals surface area contributed by atoms with Gasteiger partial charge in [0.25, 0.3) is 0 Å². The van der Waals surface area contributed by atoms with Gasteiger partial charge in [-0.2, -0.15) is 0 Å². The Morgan fingerprint density at radius 1 is 1.15 bits per heavy atom. The fourth-order valence-electron chi connectivity index (χ4n) is 2.64. The first-order chi connectivity index (χ1) is 9.22. The van der Waals surface area contributed by atoms with E-state index in [9.17, 15) is 4.79 Å². The van der Waals surface area contributed by atoms with E-state index in [2.05, 4.69) is 4.74 Å². The lowest BCUT2D eigenvalue weighted by Gasteiger charge is -2.23. The fourth-order valence-corrected chi connectivity index (χ4v) is 2.64. The van der Waals surface area contributed by atoms with Crippen molar-refractivity contribution in [2.45, 2.75) is 70.4 Å². The molecule has 6 heteroatoms. The Kier molecular flexibility index (Phi) is 4.39. The Morgan fingerprint density at radius 3 is 2.40 bits per heavy atom. The lowest BCUT2D eigenvalue weighted by atomic mass is 10.0. The Hall–Kier alpha value is -0.690. The van der Waals surface area contributed by atoms with Crippen LogP contribution in [0.5, 0.6) is 0 Å². The molecule has 0 saturated carbocycles. The van der Waals surface area contributed by atoms with Crippen LogP contribution in [0.3, 0.4) is 0 Å². The standard InChI is InChI=1S/C14H24O6/c1-13(2)17-8-10(19-13)12-9(6-7-11(15)16-5)18-14(3,4)20-12/h9-10,12H,6-8H2,1-5H3/t9-,10-,12+/m1/s1. The van der Waals surface area contributed by atoms with E-state index in [1.807, 2.05) is 27.7 Å². The molecule has 6 nitrogen and oxygen atoms in total. The minimum absolute atomic E-state index is 0.186. The molecule has 116 valence electrons. The van der Waals surface area contributed by atoms with Crippen LogP contribution in [0.1, 0.15) is 40.5 Å². The second-order valence-corrected chi connectivity index (χ2v) is 6.12. The SMILES string of the molecule is COC(=O)CC[C@H]1OC(C)(C)O[C@@H]1[C@H]1COC(C)(C)O1. The lowest BCUT2D eigenvalue weighted by molar-refractivity contribution is -0.174. The van der Waals surface area contributed by atoms with Gasteiger partial charge in [-0.25, -0.2) is 0 Å². The van der Waals surface area contributed by atoms with Crippen molar-refractivity contribution in [1.29, 1.82) is 0 Å². The second kappa shape index (κ2) is 5.60. The van der Waals surface area contributed by atoms with Crippen LogP contribution < -0.4 is 0 Å². The molecule has 2 saturated heterocycles. The summed E-state index contributed by atoms with van der Waals surface area (Å²) in [5, 5.41) is 0. The average molecular weight is 288 g/mol. The summed E-state index contributed by atoms with van der Waals surface area (Å²) in [6, 6.07) is 0.